The van der Waals surface area contributed by atoms with Crippen molar-refractivity contribution in [2.45, 2.75) is 6.54 Å². The molecule has 0 fully saturated rings. The number of rotatable bonds is 4. The zero-order valence-corrected chi connectivity index (χ0v) is 15.2. The van der Waals surface area contributed by atoms with E-state index in [-0.39, 0.29) is 0 Å². The fourth-order valence-electron chi connectivity index (χ4n) is 1.75. The van der Waals surface area contributed by atoms with Crippen LogP contribution in [0.3, 0.4) is 0 Å². The molecule has 0 aliphatic rings. The molecule has 0 saturated carbocycles. The topological polar surface area (TPSA) is 21.3 Å². The van der Waals surface area contributed by atoms with Crippen molar-refractivity contribution >= 4 is 60.7 Å². The fraction of sp³-hybridized carbons (Fsp3) is 0.143. The molecular weight excluding hydrogens is 429 g/mol. The molecule has 2 aromatic carbocycles. The van der Waals surface area contributed by atoms with Gasteiger partial charge in [-0.05, 0) is 45.8 Å². The molecule has 2 aromatic rings. The lowest BCUT2D eigenvalue weighted by molar-refractivity contribution is 0.414. The Hall–Kier alpha value is -0.420. The molecule has 2 rings (SSSR count). The maximum atomic E-state index is 6.06. The van der Waals surface area contributed by atoms with Crippen molar-refractivity contribution in [3.63, 3.8) is 0 Å². The molecule has 0 aromatic heterocycles. The molecule has 0 radical (unpaired) electrons. The number of benzene rings is 2. The summed E-state index contributed by atoms with van der Waals surface area (Å²) in [6, 6.07) is 9.31. The summed E-state index contributed by atoms with van der Waals surface area (Å²) in [4.78, 5) is 0. The first-order chi connectivity index (χ1) is 9.51. The minimum absolute atomic E-state index is 0.626. The lowest BCUT2D eigenvalue weighted by atomic mass is 10.2. The van der Waals surface area contributed by atoms with Crippen molar-refractivity contribution in [2.24, 2.45) is 0 Å². The normalized spacial score (nSPS) is 10.4. The van der Waals surface area contributed by atoms with Crippen LogP contribution in [0.5, 0.6) is 5.75 Å². The Morgan fingerprint density at radius 2 is 1.75 bits per heavy atom. The van der Waals surface area contributed by atoms with E-state index in [1.54, 1.807) is 13.2 Å². The van der Waals surface area contributed by atoms with Gasteiger partial charge in [0.25, 0.3) is 0 Å². The summed E-state index contributed by atoms with van der Waals surface area (Å²) in [6.07, 6.45) is 0. The molecule has 0 heterocycles. The zero-order chi connectivity index (χ0) is 14.7. The highest BCUT2D eigenvalue weighted by atomic mass is 79.9. The quantitative estimate of drug-likeness (QED) is 0.617. The van der Waals surface area contributed by atoms with Crippen molar-refractivity contribution in [3.8, 4) is 5.75 Å². The monoisotopic (exact) mass is 437 g/mol. The maximum absolute atomic E-state index is 6.06. The Balaban J connectivity index is 2.22. The lowest BCUT2D eigenvalue weighted by Crippen LogP contribution is -2.02. The Bertz CT molecular complexity index is 635. The van der Waals surface area contributed by atoms with Gasteiger partial charge < -0.3 is 10.1 Å². The lowest BCUT2D eigenvalue weighted by Gasteiger charge is -2.14. The van der Waals surface area contributed by atoms with Gasteiger partial charge in [-0.1, -0.05) is 45.2 Å². The Morgan fingerprint density at radius 3 is 2.40 bits per heavy atom. The van der Waals surface area contributed by atoms with Gasteiger partial charge in [-0.3, -0.25) is 0 Å². The smallest absolute Gasteiger partial charge is 0.156 e. The minimum Gasteiger partial charge on any atom is -0.493 e. The number of nitrogens with one attached hydrogen (secondary N) is 1. The summed E-state index contributed by atoms with van der Waals surface area (Å²) in [5.74, 6) is 0.722. The third-order valence-corrected chi connectivity index (χ3v) is 4.48. The van der Waals surface area contributed by atoms with Gasteiger partial charge in [0.15, 0.2) is 5.75 Å². The van der Waals surface area contributed by atoms with Gasteiger partial charge in [-0.25, -0.2) is 0 Å². The highest BCUT2D eigenvalue weighted by Crippen LogP contribution is 2.36. The Morgan fingerprint density at radius 1 is 1.05 bits per heavy atom. The first-order valence-electron chi connectivity index (χ1n) is 5.72. The van der Waals surface area contributed by atoms with E-state index in [1.165, 1.54) is 0 Å². The third-order valence-electron chi connectivity index (χ3n) is 2.70. The van der Waals surface area contributed by atoms with Crippen molar-refractivity contribution in [2.75, 3.05) is 12.4 Å². The second-order valence-corrected chi connectivity index (χ2v) is 6.64. The van der Waals surface area contributed by atoms with Crippen molar-refractivity contribution in [1.82, 2.24) is 0 Å². The van der Waals surface area contributed by atoms with Crippen LogP contribution in [0.1, 0.15) is 5.56 Å². The second-order valence-electron chi connectivity index (χ2n) is 4.06. The summed E-state index contributed by atoms with van der Waals surface area (Å²) in [5, 5.41) is 4.64. The Kier molecular flexibility index (Phi) is 5.61. The molecule has 0 aliphatic carbocycles. The molecule has 0 spiro atoms. The molecule has 20 heavy (non-hydrogen) atoms. The highest BCUT2D eigenvalue weighted by Gasteiger charge is 2.10. The summed E-state index contributed by atoms with van der Waals surface area (Å²) in [7, 11) is 1.62. The summed E-state index contributed by atoms with van der Waals surface area (Å²) >= 11 is 18.9. The van der Waals surface area contributed by atoms with Crippen LogP contribution in [0, 0.1) is 0 Å². The van der Waals surface area contributed by atoms with Crippen molar-refractivity contribution in [1.29, 1.82) is 0 Å². The SMILES string of the molecule is COc1c(Br)cc(Cl)cc1NCc1ccc(Cl)cc1Br. The molecule has 0 atom stereocenters. The molecule has 0 aliphatic heterocycles. The predicted molar refractivity (Wildman–Crippen MR) is 92.2 cm³/mol. The largest absolute Gasteiger partial charge is 0.493 e. The van der Waals surface area contributed by atoms with Gasteiger partial charge >= 0.3 is 0 Å². The van der Waals surface area contributed by atoms with Crippen LogP contribution in [-0.2, 0) is 6.54 Å². The van der Waals surface area contributed by atoms with Crippen molar-refractivity contribution < 1.29 is 4.74 Å². The van der Waals surface area contributed by atoms with Crippen LogP contribution >= 0.6 is 55.1 Å². The van der Waals surface area contributed by atoms with E-state index in [0.29, 0.717) is 16.6 Å². The number of halogens is 4. The van der Waals surface area contributed by atoms with Crippen LogP contribution < -0.4 is 10.1 Å². The van der Waals surface area contributed by atoms with E-state index in [9.17, 15) is 0 Å². The number of methoxy groups -OCH3 is 1. The molecule has 0 bridgehead atoms. The number of hydrogen-bond acceptors (Lipinski definition) is 2. The average molecular weight is 440 g/mol. The number of anilines is 1. The predicted octanol–water partition coefficient (Wildman–Crippen LogP) is 6.14. The zero-order valence-electron chi connectivity index (χ0n) is 10.5. The molecule has 0 unspecified atom stereocenters. The van der Waals surface area contributed by atoms with Gasteiger partial charge in [0.2, 0.25) is 0 Å². The minimum atomic E-state index is 0.626. The van der Waals surface area contributed by atoms with E-state index >= 15 is 0 Å². The molecule has 106 valence electrons. The van der Waals surface area contributed by atoms with Gasteiger partial charge in [-0.15, -0.1) is 0 Å². The molecule has 1 N–H and O–H groups in total. The van der Waals surface area contributed by atoms with Crippen LogP contribution in [0.25, 0.3) is 0 Å². The van der Waals surface area contributed by atoms with Gasteiger partial charge in [0, 0.05) is 21.1 Å². The Labute approximate surface area is 144 Å². The fourth-order valence-corrected chi connectivity index (χ4v) is 3.55. The first kappa shape index (κ1) is 16.0. The molecular formula is C14H11Br2Cl2NO. The second kappa shape index (κ2) is 7.03. The van der Waals surface area contributed by atoms with Crippen LogP contribution in [0.4, 0.5) is 5.69 Å². The standard InChI is InChI=1S/C14H11Br2Cl2NO/c1-20-14-12(16)5-10(18)6-13(14)19-7-8-2-3-9(17)4-11(8)15/h2-6,19H,7H2,1H3. The number of hydrogen-bond donors (Lipinski definition) is 1. The summed E-state index contributed by atoms with van der Waals surface area (Å²) < 4.78 is 7.13. The summed E-state index contributed by atoms with van der Waals surface area (Å²) in [6.45, 7) is 0.626. The van der Waals surface area contributed by atoms with E-state index in [4.69, 9.17) is 27.9 Å². The molecule has 0 saturated heterocycles. The van der Waals surface area contributed by atoms with Crippen LogP contribution in [0.15, 0.2) is 39.3 Å². The molecule has 6 heteroatoms. The van der Waals surface area contributed by atoms with Gasteiger partial charge in [0.05, 0.1) is 17.3 Å². The highest BCUT2D eigenvalue weighted by molar-refractivity contribution is 9.10. The number of ether oxygens (including phenoxy) is 1. The molecule has 2 nitrogen and oxygen atoms in total. The van der Waals surface area contributed by atoms with Crippen LogP contribution in [0.2, 0.25) is 10.0 Å². The third kappa shape index (κ3) is 3.82. The van der Waals surface area contributed by atoms with Crippen molar-refractivity contribution in [3.05, 3.63) is 54.9 Å². The maximum Gasteiger partial charge on any atom is 0.156 e. The van der Waals surface area contributed by atoms with E-state index in [2.05, 4.69) is 37.2 Å². The van der Waals surface area contributed by atoms with Gasteiger partial charge in [0.1, 0.15) is 0 Å². The van der Waals surface area contributed by atoms with E-state index in [0.717, 1.165) is 25.9 Å². The average Bonchev–Trinajstić information content (AvgIpc) is 2.37. The van der Waals surface area contributed by atoms with E-state index < -0.39 is 0 Å². The summed E-state index contributed by atoms with van der Waals surface area (Å²) in [5.41, 5.74) is 1.92. The first-order valence-corrected chi connectivity index (χ1v) is 8.06. The van der Waals surface area contributed by atoms with Gasteiger partial charge in [-0.2, -0.15) is 0 Å². The van der Waals surface area contributed by atoms with E-state index in [1.807, 2.05) is 24.3 Å². The molecule has 0 amide bonds. The van der Waals surface area contributed by atoms with Crippen LogP contribution in [-0.4, -0.2) is 7.11 Å².